The van der Waals surface area contributed by atoms with Gasteiger partial charge in [-0.3, -0.25) is 4.90 Å². The molecule has 1 aliphatic heterocycles. The van der Waals surface area contributed by atoms with Gasteiger partial charge in [-0.2, -0.15) is 0 Å². The lowest BCUT2D eigenvalue weighted by Gasteiger charge is -2.36. The van der Waals surface area contributed by atoms with E-state index in [4.69, 9.17) is 0 Å². The van der Waals surface area contributed by atoms with E-state index in [1.807, 2.05) is 12.1 Å². The van der Waals surface area contributed by atoms with Gasteiger partial charge in [-0.1, -0.05) is 60.7 Å². The van der Waals surface area contributed by atoms with E-state index in [1.165, 1.54) is 17.4 Å². The second-order valence-corrected chi connectivity index (χ2v) is 6.26. The van der Waals surface area contributed by atoms with Crippen LogP contribution in [0.5, 0.6) is 0 Å². The highest BCUT2D eigenvalue weighted by Crippen LogP contribution is 2.26. The van der Waals surface area contributed by atoms with Gasteiger partial charge in [0, 0.05) is 19.0 Å². The number of carbonyl (C=O) groups is 1. The van der Waals surface area contributed by atoms with Crippen molar-refractivity contribution in [1.82, 2.24) is 4.90 Å². The number of likely N-dealkylation sites (tertiary alicyclic amines) is 1. The first-order valence-electron chi connectivity index (χ1n) is 8.10. The Morgan fingerprint density at radius 3 is 2.23 bits per heavy atom. The predicted octanol–water partition coefficient (Wildman–Crippen LogP) is 3.57. The van der Waals surface area contributed by atoms with E-state index >= 15 is 0 Å². The fraction of sp³-hybridized carbons (Fsp3) is 0.350. The zero-order valence-corrected chi connectivity index (χ0v) is 12.9. The molecule has 1 fully saturated rings. The first kappa shape index (κ1) is 15.0. The Kier molecular flexibility index (Phi) is 5.02. The summed E-state index contributed by atoms with van der Waals surface area (Å²) in [5.74, 6) is 0.629. The van der Waals surface area contributed by atoms with Gasteiger partial charge in [0.2, 0.25) is 0 Å². The van der Waals surface area contributed by atoms with Crippen LogP contribution in [-0.4, -0.2) is 24.3 Å². The molecule has 0 saturated carbocycles. The molecule has 0 radical (unpaired) electrons. The molecule has 1 aliphatic rings. The molecule has 2 aromatic carbocycles. The van der Waals surface area contributed by atoms with Crippen molar-refractivity contribution in [3.8, 4) is 0 Å². The molecule has 1 saturated heterocycles. The molecule has 0 amide bonds. The van der Waals surface area contributed by atoms with E-state index in [9.17, 15) is 4.79 Å². The third-order valence-corrected chi connectivity index (χ3v) is 4.66. The lowest BCUT2D eigenvalue weighted by Crippen LogP contribution is -2.41. The van der Waals surface area contributed by atoms with Gasteiger partial charge in [-0.15, -0.1) is 0 Å². The lowest BCUT2D eigenvalue weighted by molar-refractivity contribution is -0.114. The average Bonchev–Trinajstić information content (AvgIpc) is 2.58. The number of hydrogen-bond acceptors (Lipinski definition) is 2. The minimum Gasteiger partial charge on any atom is -0.303 e. The van der Waals surface area contributed by atoms with Crippen molar-refractivity contribution in [1.29, 1.82) is 0 Å². The number of rotatable bonds is 5. The maximum Gasteiger partial charge on any atom is 0.124 e. The molecule has 2 heteroatoms. The summed E-state index contributed by atoms with van der Waals surface area (Å²) < 4.78 is 0. The predicted molar refractivity (Wildman–Crippen MR) is 89.5 cm³/mol. The maximum absolute atomic E-state index is 11.5. The molecular formula is C20H23NO. The molecule has 1 heterocycles. The van der Waals surface area contributed by atoms with Crippen molar-refractivity contribution in [3.05, 3.63) is 71.8 Å². The smallest absolute Gasteiger partial charge is 0.124 e. The second-order valence-electron chi connectivity index (χ2n) is 6.26. The van der Waals surface area contributed by atoms with Crippen LogP contribution in [0.25, 0.3) is 0 Å². The summed E-state index contributed by atoms with van der Waals surface area (Å²) in [5.41, 5.74) is 2.67. The Morgan fingerprint density at radius 1 is 0.955 bits per heavy atom. The molecule has 114 valence electrons. The highest BCUT2D eigenvalue weighted by molar-refractivity contribution is 5.55. The summed E-state index contributed by atoms with van der Waals surface area (Å²) >= 11 is 0. The number of aldehydes is 1. The first-order chi connectivity index (χ1) is 10.8. The molecule has 2 unspecified atom stereocenters. The van der Waals surface area contributed by atoms with Gasteiger partial charge in [0.05, 0.1) is 0 Å². The van der Waals surface area contributed by atoms with Crippen LogP contribution in [0.1, 0.15) is 17.5 Å². The molecule has 2 aromatic rings. The minimum atomic E-state index is 0.151. The third-order valence-electron chi connectivity index (χ3n) is 4.66. The Balaban J connectivity index is 1.60. The Hall–Kier alpha value is -1.93. The van der Waals surface area contributed by atoms with Gasteiger partial charge in [-0.25, -0.2) is 0 Å². The van der Waals surface area contributed by atoms with Crippen molar-refractivity contribution < 1.29 is 4.79 Å². The second kappa shape index (κ2) is 7.37. The van der Waals surface area contributed by atoms with Crippen molar-refractivity contribution in [2.24, 2.45) is 11.8 Å². The zero-order chi connectivity index (χ0) is 15.2. The molecule has 3 rings (SSSR count). The van der Waals surface area contributed by atoms with E-state index in [-0.39, 0.29) is 5.92 Å². The zero-order valence-electron chi connectivity index (χ0n) is 12.9. The van der Waals surface area contributed by atoms with E-state index in [1.54, 1.807) is 0 Å². The quantitative estimate of drug-likeness (QED) is 0.786. The van der Waals surface area contributed by atoms with Crippen LogP contribution in [0.4, 0.5) is 0 Å². The molecule has 0 N–H and O–H groups in total. The van der Waals surface area contributed by atoms with Crippen molar-refractivity contribution in [3.63, 3.8) is 0 Å². The summed E-state index contributed by atoms with van der Waals surface area (Å²) in [6, 6.07) is 21.1. The number of benzene rings is 2. The number of carbonyl (C=O) groups excluding carboxylic acids is 1. The highest BCUT2D eigenvalue weighted by Gasteiger charge is 2.28. The molecular weight excluding hydrogens is 270 g/mol. The van der Waals surface area contributed by atoms with Gasteiger partial charge in [-0.05, 0) is 36.4 Å². The molecule has 22 heavy (non-hydrogen) atoms. The van der Waals surface area contributed by atoms with Crippen LogP contribution in [0.2, 0.25) is 0 Å². The average molecular weight is 293 g/mol. The van der Waals surface area contributed by atoms with Crippen LogP contribution in [0, 0.1) is 11.8 Å². The van der Waals surface area contributed by atoms with Crippen LogP contribution >= 0.6 is 0 Å². The van der Waals surface area contributed by atoms with E-state index in [0.29, 0.717) is 5.92 Å². The first-order valence-corrected chi connectivity index (χ1v) is 8.10. The third kappa shape index (κ3) is 3.83. The highest BCUT2D eigenvalue weighted by atomic mass is 16.1. The SMILES string of the molecule is O=CC1CN(Cc2ccccc2)CCC1Cc1ccccc1. The van der Waals surface area contributed by atoms with E-state index in [0.717, 1.165) is 32.5 Å². The van der Waals surface area contributed by atoms with Crippen LogP contribution in [-0.2, 0) is 17.8 Å². The lowest BCUT2D eigenvalue weighted by atomic mass is 9.82. The number of hydrogen-bond donors (Lipinski definition) is 0. The fourth-order valence-electron chi connectivity index (χ4n) is 3.41. The van der Waals surface area contributed by atoms with E-state index in [2.05, 4.69) is 53.4 Å². The van der Waals surface area contributed by atoms with Crippen LogP contribution in [0.15, 0.2) is 60.7 Å². The fourth-order valence-corrected chi connectivity index (χ4v) is 3.41. The Morgan fingerprint density at radius 2 is 1.59 bits per heavy atom. The number of piperidine rings is 1. The molecule has 2 atom stereocenters. The van der Waals surface area contributed by atoms with Crippen molar-refractivity contribution in [2.75, 3.05) is 13.1 Å². The summed E-state index contributed by atoms with van der Waals surface area (Å²) in [6.45, 7) is 2.91. The van der Waals surface area contributed by atoms with Gasteiger partial charge >= 0.3 is 0 Å². The Bertz CT molecular complexity index is 581. The van der Waals surface area contributed by atoms with Gasteiger partial charge in [0.15, 0.2) is 0 Å². The van der Waals surface area contributed by atoms with Gasteiger partial charge < -0.3 is 4.79 Å². The summed E-state index contributed by atoms with van der Waals surface area (Å²) in [6.07, 6.45) is 3.29. The summed E-state index contributed by atoms with van der Waals surface area (Å²) in [4.78, 5) is 13.9. The summed E-state index contributed by atoms with van der Waals surface area (Å²) in [5, 5.41) is 0. The maximum atomic E-state index is 11.5. The van der Waals surface area contributed by atoms with Gasteiger partial charge in [0.1, 0.15) is 6.29 Å². The van der Waals surface area contributed by atoms with Crippen LogP contribution < -0.4 is 0 Å². The molecule has 0 aromatic heterocycles. The molecule has 2 nitrogen and oxygen atoms in total. The molecule has 0 spiro atoms. The normalized spacial score (nSPS) is 22.4. The topological polar surface area (TPSA) is 20.3 Å². The number of nitrogens with zero attached hydrogens (tertiary/aromatic N) is 1. The van der Waals surface area contributed by atoms with E-state index < -0.39 is 0 Å². The van der Waals surface area contributed by atoms with Crippen molar-refractivity contribution >= 4 is 6.29 Å². The molecule has 0 bridgehead atoms. The summed E-state index contributed by atoms with van der Waals surface area (Å²) in [7, 11) is 0. The molecule has 0 aliphatic carbocycles. The monoisotopic (exact) mass is 293 g/mol. The van der Waals surface area contributed by atoms with Crippen LogP contribution in [0.3, 0.4) is 0 Å². The standard InChI is InChI=1S/C20H23NO/c22-16-20-15-21(14-18-9-5-2-6-10-18)12-11-19(20)13-17-7-3-1-4-8-17/h1-10,16,19-20H,11-15H2. The minimum absolute atomic E-state index is 0.151. The largest absolute Gasteiger partial charge is 0.303 e. The van der Waals surface area contributed by atoms with Crippen molar-refractivity contribution in [2.45, 2.75) is 19.4 Å². The van der Waals surface area contributed by atoms with Gasteiger partial charge in [0.25, 0.3) is 0 Å². The Labute approximate surface area is 132 Å².